The summed E-state index contributed by atoms with van der Waals surface area (Å²) in [6.07, 6.45) is 2.36. The van der Waals surface area contributed by atoms with Crippen LogP contribution in [-0.4, -0.2) is 30.9 Å². The van der Waals surface area contributed by atoms with Gasteiger partial charge in [-0.25, -0.2) is 4.39 Å². The molecule has 1 aromatic heterocycles. The average molecular weight is 419 g/mol. The van der Waals surface area contributed by atoms with Crippen molar-refractivity contribution in [3.05, 3.63) is 84.1 Å². The van der Waals surface area contributed by atoms with E-state index in [-0.39, 0.29) is 30.7 Å². The zero-order chi connectivity index (χ0) is 19.8. The molecule has 0 atom stereocenters. The molecule has 0 aliphatic rings. The molecule has 0 saturated carbocycles. The molecule has 0 radical (unpaired) electrons. The monoisotopic (exact) mass is 418 g/mol. The number of halogens is 2. The summed E-state index contributed by atoms with van der Waals surface area (Å²) >= 11 is 0. The van der Waals surface area contributed by atoms with E-state index < -0.39 is 0 Å². The maximum absolute atomic E-state index is 13.3. The van der Waals surface area contributed by atoms with Crippen LogP contribution < -0.4 is 10.1 Å². The molecule has 0 aliphatic heterocycles. The highest BCUT2D eigenvalue weighted by atomic mass is 35.5. The molecule has 0 aliphatic carbocycles. The second-order valence-electron chi connectivity index (χ2n) is 6.42. The number of nitrogens with one attached hydrogen (secondary N) is 1. The van der Waals surface area contributed by atoms with E-state index in [4.69, 9.17) is 9.15 Å². The zero-order valence-corrected chi connectivity index (χ0v) is 17.0. The molecule has 0 bridgehead atoms. The second kappa shape index (κ2) is 11.2. The third kappa shape index (κ3) is 7.25. The quantitative estimate of drug-likeness (QED) is 0.558. The van der Waals surface area contributed by atoms with Crippen LogP contribution in [0.2, 0.25) is 0 Å². The summed E-state index contributed by atoms with van der Waals surface area (Å²) in [7, 11) is 1.63. The summed E-state index contributed by atoms with van der Waals surface area (Å²) in [5, 5.41) is 2.65. The van der Waals surface area contributed by atoms with Crippen LogP contribution in [0.3, 0.4) is 0 Å². The van der Waals surface area contributed by atoms with E-state index in [9.17, 15) is 9.18 Å². The van der Waals surface area contributed by atoms with Crippen molar-refractivity contribution in [3.63, 3.8) is 0 Å². The summed E-state index contributed by atoms with van der Waals surface area (Å²) in [5.41, 5.74) is 1.07. The predicted molar refractivity (Wildman–Crippen MR) is 112 cm³/mol. The third-order valence-corrected chi connectivity index (χ3v) is 4.25. The highest BCUT2D eigenvalue weighted by Crippen LogP contribution is 2.23. The van der Waals surface area contributed by atoms with Gasteiger partial charge in [0.15, 0.2) is 0 Å². The van der Waals surface area contributed by atoms with Crippen LogP contribution in [-0.2, 0) is 17.8 Å². The minimum atomic E-state index is -0.337. The van der Waals surface area contributed by atoms with Gasteiger partial charge in [-0.05, 0) is 48.4 Å². The Hall–Kier alpha value is -2.83. The van der Waals surface area contributed by atoms with E-state index in [1.165, 1.54) is 12.1 Å². The number of amides is 1. The SMILES string of the molecule is CNC(=O)CN(CCc1cccc(Oc2cccc(F)c2)c1)Cc1ccco1.Cl. The molecule has 7 heteroatoms. The average Bonchev–Trinajstić information content (AvgIpc) is 3.19. The predicted octanol–water partition coefficient (Wildman–Crippen LogP) is 4.42. The lowest BCUT2D eigenvalue weighted by atomic mass is 10.1. The molecule has 3 aromatic rings. The van der Waals surface area contributed by atoms with Crippen LogP contribution in [0.1, 0.15) is 11.3 Å². The topological polar surface area (TPSA) is 54.7 Å². The van der Waals surface area contributed by atoms with Gasteiger partial charge in [-0.1, -0.05) is 18.2 Å². The van der Waals surface area contributed by atoms with E-state index in [0.29, 0.717) is 24.6 Å². The molecule has 29 heavy (non-hydrogen) atoms. The number of furan rings is 1. The Labute approximate surface area is 175 Å². The van der Waals surface area contributed by atoms with Crippen molar-refractivity contribution in [2.24, 2.45) is 0 Å². The standard InChI is InChI=1S/C22H23FN2O3.ClH/c1-24-22(26)16-25(15-21-9-4-12-27-21)11-10-17-5-2-7-19(13-17)28-20-8-3-6-18(23)14-20;/h2-9,12-14H,10-11,15-16H2,1H3,(H,24,26);1H. The Kier molecular flexibility index (Phi) is 8.70. The molecule has 1 amide bonds. The minimum absolute atomic E-state index is 0. The highest BCUT2D eigenvalue weighted by molar-refractivity contribution is 5.85. The molecule has 0 unspecified atom stereocenters. The van der Waals surface area contributed by atoms with Crippen LogP contribution in [0.4, 0.5) is 4.39 Å². The Bertz CT molecular complexity index is 903. The Morgan fingerprint density at radius 2 is 1.86 bits per heavy atom. The van der Waals surface area contributed by atoms with Gasteiger partial charge >= 0.3 is 0 Å². The third-order valence-electron chi connectivity index (χ3n) is 4.25. The fourth-order valence-electron chi connectivity index (χ4n) is 2.84. The lowest BCUT2D eigenvalue weighted by Gasteiger charge is -2.20. The number of hydrogen-bond acceptors (Lipinski definition) is 4. The van der Waals surface area contributed by atoms with E-state index in [0.717, 1.165) is 17.7 Å². The molecule has 0 saturated heterocycles. The van der Waals surface area contributed by atoms with Gasteiger partial charge in [0.05, 0.1) is 19.4 Å². The van der Waals surface area contributed by atoms with E-state index >= 15 is 0 Å². The first-order chi connectivity index (χ1) is 13.6. The zero-order valence-electron chi connectivity index (χ0n) is 16.1. The summed E-state index contributed by atoms with van der Waals surface area (Å²) < 4.78 is 24.5. The van der Waals surface area contributed by atoms with Crippen molar-refractivity contribution in [1.29, 1.82) is 0 Å². The van der Waals surface area contributed by atoms with Gasteiger partial charge < -0.3 is 14.5 Å². The van der Waals surface area contributed by atoms with E-state index in [1.54, 1.807) is 25.4 Å². The van der Waals surface area contributed by atoms with E-state index in [2.05, 4.69) is 5.32 Å². The number of benzene rings is 2. The van der Waals surface area contributed by atoms with Crippen LogP contribution >= 0.6 is 12.4 Å². The molecule has 0 fully saturated rings. The highest BCUT2D eigenvalue weighted by Gasteiger charge is 2.12. The van der Waals surface area contributed by atoms with Gasteiger partial charge in [0.2, 0.25) is 5.91 Å². The number of nitrogens with zero attached hydrogens (tertiary/aromatic N) is 1. The largest absolute Gasteiger partial charge is 0.468 e. The first kappa shape index (κ1) is 22.5. The number of ether oxygens (including phenoxy) is 1. The van der Waals surface area contributed by atoms with Crippen LogP contribution in [0.25, 0.3) is 0 Å². The normalized spacial score (nSPS) is 10.4. The molecule has 1 heterocycles. The Morgan fingerprint density at radius 3 is 2.55 bits per heavy atom. The molecule has 5 nitrogen and oxygen atoms in total. The van der Waals surface area contributed by atoms with Crippen molar-refractivity contribution in [2.75, 3.05) is 20.1 Å². The van der Waals surface area contributed by atoms with Gasteiger partial charge in [0.1, 0.15) is 23.1 Å². The molecule has 2 aromatic carbocycles. The van der Waals surface area contributed by atoms with Crippen molar-refractivity contribution in [3.8, 4) is 11.5 Å². The van der Waals surface area contributed by atoms with Crippen molar-refractivity contribution >= 4 is 18.3 Å². The summed E-state index contributed by atoms with van der Waals surface area (Å²) in [4.78, 5) is 13.8. The van der Waals surface area contributed by atoms with Crippen molar-refractivity contribution in [1.82, 2.24) is 10.2 Å². The second-order valence-corrected chi connectivity index (χ2v) is 6.42. The van der Waals surface area contributed by atoms with Crippen molar-refractivity contribution in [2.45, 2.75) is 13.0 Å². The van der Waals surface area contributed by atoms with Crippen molar-refractivity contribution < 1.29 is 18.3 Å². The minimum Gasteiger partial charge on any atom is -0.468 e. The van der Waals surface area contributed by atoms with Crippen LogP contribution in [0.15, 0.2) is 71.3 Å². The summed E-state index contributed by atoms with van der Waals surface area (Å²) in [5.74, 6) is 1.53. The molecule has 3 rings (SSSR count). The number of rotatable bonds is 9. The number of carbonyl (C=O) groups is 1. The molecule has 154 valence electrons. The molecular weight excluding hydrogens is 395 g/mol. The summed E-state index contributed by atoms with van der Waals surface area (Å²) in [6.45, 7) is 1.52. The Morgan fingerprint density at radius 1 is 1.10 bits per heavy atom. The van der Waals surface area contributed by atoms with Crippen LogP contribution in [0.5, 0.6) is 11.5 Å². The van der Waals surface area contributed by atoms with E-state index in [1.807, 2.05) is 41.3 Å². The maximum Gasteiger partial charge on any atom is 0.233 e. The fraction of sp³-hybridized carbons (Fsp3) is 0.227. The lowest BCUT2D eigenvalue weighted by Crippen LogP contribution is -2.36. The Balaban J connectivity index is 0.00000300. The lowest BCUT2D eigenvalue weighted by molar-refractivity contribution is -0.121. The smallest absolute Gasteiger partial charge is 0.233 e. The number of hydrogen-bond donors (Lipinski definition) is 1. The van der Waals surface area contributed by atoms with Gasteiger partial charge in [-0.3, -0.25) is 9.69 Å². The molecule has 0 spiro atoms. The first-order valence-corrected chi connectivity index (χ1v) is 9.10. The molecular formula is C22H24ClFN2O3. The van der Waals surface area contributed by atoms with Gasteiger partial charge in [0, 0.05) is 19.7 Å². The first-order valence-electron chi connectivity index (χ1n) is 9.10. The maximum atomic E-state index is 13.3. The number of carbonyl (C=O) groups excluding carboxylic acids is 1. The van der Waals surface area contributed by atoms with Gasteiger partial charge in [0.25, 0.3) is 0 Å². The van der Waals surface area contributed by atoms with Gasteiger partial charge in [-0.2, -0.15) is 0 Å². The fourth-order valence-corrected chi connectivity index (χ4v) is 2.84. The molecule has 1 N–H and O–H groups in total. The van der Waals surface area contributed by atoms with Crippen LogP contribution in [0, 0.1) is 5.82 Å². The van der Waals surface area contributed by atoms with Gasteiger partial charge in [-0.15, -0.1) is 12.4 Å². The number of likely N-dealkylation sites (N-methyl/N-ethyl adjacent to an activating group) is 1. The summed E-state index contributed by atoms with van der Waals surface area (Å²) in [6, 6.07) is 17.4.